The van der Waals surface area contributed by atoms with Crippen molar-refractivity contribution < 1.29 is 19.4 Å². The first kappa shape index (κ1) is 10.7. The molecule has 76 valence electrons. The topological polar surface area (TPSA) is 35.1 Å². The molecule has 0 aliphatic rings. The molecule has 1 aromatic carbocycles. The lowest BCUT2D eigenvalue weighted by atomic mass is 10.3. The molecule has 0 radical (unpaired) electrons. The normalized spacial score (nSPS) is 9.86. The van der Waals surface area contributed by atoms with Gasteiger partial charge in [-0.3, -0.25) is 0 Å². The summed E-state index contributed by atoms with van der Waals surface area (Å²) in [5.74, 6) is -0.216. The lowest BCUT2D eigenvalue weighted by Crippen LogP contribution is -2.76. The molecule has 0 bridgehead atoms. The van der Waals surface area contributed by atoms with Crippen molar-refractivity contribution in [3.05, 3.63) is 36.7 Å². The minimum Gasteiger partial charge on any atom is -0.481 e. The van der Waals surface area contributed by atoms with E-state index in [1.807, 2.05) is 0 Å². The highest BCUT2D eigenvalue weighted by Gasteiger charge is 2.12. The van der Waals surface area contributed by atoms with E-state index in [4.69, 9.17) is 9.57 Å². The van der Waals surface area contributed by atoms with Gasteiger partial charge in [-0.15, -0.1) is 0 Å². The van der Waals surface area contributed by atoms with Gasteiger partial charge in [0.05, 0.1) is 7.11 Å². The number of ether oxygens (including phenoxy) is 1. The van der Waals surface area contributed by atoms with Gasteiger partial charge in [0.2, 0.25) is 11.4 Å². The molecule has 0 spiro atoms. The van der Waals surface area contributed by atoms with E-state index in [2.05, 4.69) is 6.58 Å². The molecule has 1 rings (SSSR count). The molecule has 2 N–H and O–H groups in total. The van der Waals surface area contributed by atoms with E-state index >= 15 is 0 Å². The second-order valence-corrected chi connectivity index (χ2v) is 2.61. The van der Waals surface area contributed by atoms with E-state index < -0.39 is 5.82 Å². The van der Waals surface area contributed by atoms with Crippen molar-refractivity contribution in [1.82, 2.24) is 0 Å². The number of rotatable bonds is 5. The molecule has 0 saturated carbocycles. The smallest absolute Gasteiger partial charge is 0.219 e. The van der Waals surface area contributed by atoms with Crippen LogP contribution in [-0.2, 0) is 4.84 Å². The molecule has 0 unspecified atom stereocenters. The van der Waals surface area contributed by atoms with Gasteiger partial charge in [-0.05, 0) is 6.07 Å². The van der Waals surface area contributed by atoms with Gasteiger partial charge >= 0.3 is 0 Å². The van der Waals surface area contributed by atoms with Gasteiger partial charge in [-0.25, -0.2) is 9.23 Å². The average molecular weight is 198 g/mol. The largest absolute Gasteiger partial charge is 0.481 e. The molecule has 0 fully saturated rings. The molecule has 0 aliphatic carbocycles. The highest BCUT2D eigenvalue weighted by Crippen LogP contribution is 2.23. The van der Waals surface area contributed by atoms with E-state index in [-0.39, 0.29) is 12.4 Å². The summed E-state index contributed by atoms with van der Waals surface area (Å²) in [6.07, 6.45) is 1.56. The van der Waals surface area contributed by atoms with Gasteiger partial charge in [-0.1, -0.05) is 18.7 Å². The molecule has 0 aromatic heterocycles. The Hall–Kier alpha value is -1.39. The maximum Gasteiger partial charge on any atom is 0.219 e. The molecule has 0 saturated heterocycles. The van der Waals surface area contributed by atoms with Crippen LogP contribution in [0.3, 0.4) is 0 Å². The van der Waals surface area contributed by atoms with Crippen LogP contribution < -0.4 is 10.2 Å². The SMILES string of the molecule is C=CCOc1c(F)cccc1[NH2+]OC. The molecule has 0 atom stereocenters. The van der Waals surface area contributed by atoms with E-state index in [1.165, 1.54) is 18.7 Å². The monoisotopic (exact) mass is 198 g/mol. The fraction of sp³-hybridized carbons (Fsp3) is 0.200. The van der Waals surface area contributed by atoms with Gasteiger partial charge in [0.15, 0.2) is 5.82 Å². The summed E-state index contributed by atoms with van der Waals surface area (Å²) in [6, 6.07) is 4.65. The number of halogens is 1. The molecule has 0 amide bonds. The maximum atomic E-state index is 13.3. The Labute approximate surface area is 82.1 Å². The standard InChI is InChI=1S/C10H12FNO2/c1-3-7-14-10-8(11)5-4-6-9(10)12-13-2/h3-6,12H,1,7H2,2H3/p+1. The van der Waals surface area contributed by atoms with Gasteiger partial charge < -0.3 is 4.74 Å². The van der Waals surface area contributed by atoms with Gasteiger partial charge in [0.1, 0.15) is 6.61 Å². The van der Waals surface area contributed by atoms with Crippen LogP contribution in [0.5, 0.6) is 5.75 Å². The van der Waals surface area contributed by atoms with Crippen molar-refractivity contribution in [2.24, 2.45) is 0 Å². The molecule has 0 aliphatic heterocycles. The predicted octanol–water partition coefficient (Wildman–Crippen LogP) is 1.15. The minimum absolute atomic E-state index is 0.189. The summed E-state index contributed by atoms with van der Waals surface area (Å²) in [7, 11) is 1.50. The third-order valence-corrected chi connectivity index (χ3v) is 1.59. The summed E-state index contributed by atoms with van der Waals surface area (Å²) >= 11 is 0. The molecule has 1 aromatic rings. The van der Waals surface area contributed by atoms with Crippen LogP contribution in [-0.4, -0.2) is 13.7 Å². The van der Waals surface area contributed by atoms with Gasteiger partial charge in [0, 0.05) is 6.07 Å². The van der Waals surface area contributed by atoms with Crippen molar-refractivity contribution in [2.75, 3.05) is 13.7 Å². The Balaban J connectivity index is 2.89. The number of para-hydroxylation sites is 1. The Bertz CT molecular complexity index is 315. The Morgan fingerprint density at radius 1 is 1.57 bits per heavy atom. The van der Waals surface area contributed by atoms with Gasteiger partial charge in [-0.2, -0.15) is 5.48 Å². The Morgan fingerprint density at radius 2 is 2.36 bits per heavy atom. The lowest BCUT2D eigenvalue weighted by molar-refractivity contribution is -0.830. The van der Waals surface area contributed by atoms with E-state index in [9.17, 15) is 4.39 Å². The van der Waals surface area contributed by atoms with Crippen LogP contribution in [0.25, 0.3) is 0 Å². The highest BCUT2D eigenvalue weighted by molar-refractivity contribution is 5.45. The van der Waals surface area contributed by atoms with Gasteiger partial charge in [0.25, 0.3) is 0 Å². The van der Waals surface area contributed by atoms with Crippen LogP contribution in [0.2, 0.25) is 0 Å². The number of quaternary nitrogens is 1. The fourth-order valence-corrected chi connectivity index (χ4v) is 1.04. The number of nitrogens with two attached hydrogens (primary N) is 1. The zero-order chi connectivity index (χ0) is 10.4. The van der Waals surface area contributed by atoms with Crippen molar-refractivity contribution in [3.8, 4) is 5.75 Å². The van der Waals surface area contributed by atoms with Crippen molar-refractivity contribution in [3.63, 3.8) is 0 Å². The Morgan fingerprint density at radius 3 is 3.00 bits per heavy atom. The second kappa shape index (κ2) is 5.36. The first-order chi connectivity index (χ1) is 6.79. The molecule has 0 heterocycles. The molecule has 4 heteroatoms. The first-order valence-corrected chi connectivity index (χ1v) is 4.17. The predicted molar refractivity (Wildman–Crippen MR) is 50.7 cm³/mol. The van der Waals surface area contributed by atoms with E-state index in [0.717, 1.165) is 0 Å². The minimum atomic E-state index is -0.405. The van der Waals surface area contributed by atoms with Crippen LogP contribution in [0.15, 0.2) is 30.9 Å². The Kier molecular flexibility index (Phi) is 4.10. The summed E-state index contributed by atoms with van der Waals surface area (Å²) in [5.41, 5.74) is 2.01. The summed E-state index contributed by atoms with van der Waals surface area (Å²) in [6.45, 7) is 3.76. The highest BCUT2D eigenvalue weighted by atomic mass is 19.1. The third-order valence-electron chi connectivity index (χ3n) is 1.59. The van der Waals surface area contributed by atoms with Crippen LogP contribution in [0.4, 0.5) is 10.1 Å². The summed E-state index contributed by atoms with van der Waals surface area (Å²) < 4.78 is 18.4. The zero-order valence-electron chi connectivity index (χ0n) is 8.00. The molecule has 3 nitrogen and oxygen atoms in total. The zero-order valence-corrected chi connectivity index (χ0v) is 8.00. The maximum absolute atomic E-state index is 13.3. The molecular formula is C10H13FNO2+. The molecular weight excluding hydrogens is 185 g/mol. The van der Waals surface area contributed by atoms with Crippen LogP contribution in [0.1, 0.15) is 0 Å². The van der Waals surface area contributed by atoms with E-state index in [1.54, 1.807) is 18.2 Å². The summed E-state index contributed by atoms with van der Waals surface area (Å²) in [5, 5.41) is 0. The molecule has 14 heavy (non-hydrogen) atoms. The van der Waals surface area contributed by atoms with Crippen molar-refractivity contribution >= 4 is 5.69 Å². The quantitative estimate of drug-likeness (QED) is 0.437. The summed E-state index contributed by atoms with van der Waals surface area (Å²) in [4.78, 5) is 4.81. The van der Waals surface area contributed by atoms with Crippen molar-refractivity contribution in [1.29, 1.82) is 0 Å². The van der Waals surface area contributed by atoms with Crippen LogP contribution >= 0.6 is 0 Å². The third kappa shape index (κ3) is 2.55. The second-order valence-electron chi connectivity index (χ2n) is 2.61. The van der Waals surface area contributed by atoms with Crippen LogP contribution in [0, 0.1) is 5.82 Å². The number of hydrogen-bond donors (Lipinski definition) is 1. The van der Waals surface area contributed by atoms with Crippen molar-refractivity contribution in [2.45, 2.75) is 0 Å². The first-order valence-electron chi connectivity index (χ1n) is 4.17. The van der Waals surface area contributed by atoms with E-state index in [0.29, 0.717) is 5.69 Å². The lowest BCUT2D eigenvalue weighted by Gasteiger charge is -2.06. The number of hydrogen-bond acceptors (Lipinski definition) is 2. The fourth-order valence-electron chi connectivity index (χ4n) is 1.04. The number of benzene rings is 1. The average Bonchev–Trinajstić information content (AvgIpc) is 2.18.